The van der Waals surface area contributed by atoms with Gasteiger partial charge in [-0.25, -0.2) is 14.8 Å². The average molecular weight is 181 g/mol. The summed E-state index contributed by atoms with van der Waals surface area (Å²) in [5.41, 5.74) is 6.62. The van der Waals surface area contributed by atoms with E-state index in [1.54, 1.807) is 6.92 Å². The van der Waals surface area contributed by atoms with Crippen LogP contribution < -0.4 is 5.73 Å². The Morgan fingerprint density at radius 3 is 2.62 bits per heavy atom. The smallest absolute Gasteiger partial charge is 0.354 e. The van der Waals surface area contributed by atoms with Gasteiger partial charge in [0.05, 0.1) is 0 Å². The van der Waals surface area contributed by atoms with E-state index in [9.17, 15) is 4.79 Å². The SMILES string of the molecule is CCc1nc(N)nc(C(=O)O)c1C. The van der Waals surface area contributed by atoms with Crippen LogP contribution in [0.2, 0.25) is 0 Å². The van der Waals surface area contributed by atoms with Gasteiger partial charge in [0, 0.05) is 11.3 Å². The van der Waals surface area contributed by atoms with Crippen molar-refractivity contribution in [3.63, 3.8) is 0 Å². The van der Waals surface area contributed by atoms with E-state index in [0.717, 1.165) is 0 Å². The summed E-state index contributed by atoms with van der Waals surface area (Å²) in [6.07, 6.45) is 0.652. The number of nitrogen functional groups attached to an aromatic ring is 1. The molecule has 5 nitrogen and oxygen atoms in total. The van der Waals surface area contributed by atoms with E-state index in [1.807, 2.05) is 6.92 Å². The molecule has 0 spiro atoms. The first kappa shape index (κ1) is 9.44. The standard InChI is InChI=1S/C8H11N3O2/c1-3-5-4(2)6(7(12)13)11-8(9)10-5/h3H2,1-2H3,(H,12,13)(H2,9,10,11). The van der Waals surface area contributed by atoms with Crippen LogP contribution in [0.3, 0.4) is 0 Å². The van der Waals surface area contributed by atoms with E-state index in [4.69, 9.17) is 10.8 Å². The zero-order valence-electron chi connectivity index (χ0n) is 7.53. The summed E-state index contributed by atoms with van der Waals surface area (Å²) in [7, 11) is 0. The lowest BCUT2D eigenvalue weighted by atomic mass is 10.1. The van der Waals surface area contributed by atoms with Crippen molar-refractivity contribution in [2.75, 3.05) is 5.73 Å². The van der Waals surface area contributed by atoms with Crippen LogP contribution in [0, 0.1) is 6.92 Å². The van der Waals surface area contributed by atoms with E-state index >= 15 is 0 Å². The Morgan fingerprint density at radius 2 is 2.15 bits per heavy atom. The lowest BCUT2D eigenvalue weighted by Gasteiger charge is -2.05. The number of nitrogens with zero attached hydrogens (tertiary/aromatic N) is 2. The number of hydrogen-bond donors (Lipinski definition) is 2. The maximum Gasteiger partial charge on any atom is 0.354 e. The second-order valence-corrected chi connectivity index (χ2v) is 2.66. The monoisotopic (exact) mass is 181 g/mol. The van der Waals surface area contributed by atoms with E-state index < -0.39 is 5.97 Å². The fourth-order valence-electron chi connectivity index (χ4n) is 1.13. The highest BCUT2D eigenvalue weighted by Gasteiger charge is 2.13. The highest BCUT2D eigenvalue weighted by Crippen LogP contribution is 2.11. The quantitative estimate of drug-likeness (QED) is 0.698. The zero-order chi connectivity index (χ0) is 10.0. The summed E-state index contributed by atoms with van der Waals surface area (Å²) in [5, 5.41) is 8.76. The van der Waals surface area contributed by atoms with Crippen molar-refractivity contribution < 1.29 is 9.90 Å². The normalized spacial score (nSPS) is 10.0. The molecule has 0 fully saturated rings. The van der Waals surface area contributed by atoms with Gasteiger partial charge in [0.15, 0.2) is 5.69 Å². The number of aromatic carboxylic acids is 1. The first-order valence-electron chi connectivity index (χ1n) is 3.92. The second-order valence-electron chi connectivity index (χ2n) is 2.66. The van der Waals surface area contributed by atoms with Gasteiger partial charge in [0.2, 0.25) is 5.95 Å². The summed E-state index contributed by atoms with van der Waals surface area (Å²) in [4.78, 5) is 18.3. The number of carboxylic acids is 1. The highest BCUT2D eigenvalue weighted by molar-refractivity contribution is 5.87. The number of aryl methyl sites for hydroxylation is 1. The van der Waals surface area contributed by atoms with Crippen LogP contribution in [0.4, 0.5) is 5.95 Å². The van der Waals surface area contributed by atoms with Gasteiger partial charge in [-0.1, -0.05) is 6.92 Å². The van der Waals surface area contributed by atoms with Crippen LogP contribution in [0.25, 0.3) is 0 Å². The molecule has 3 N–H and O–H groups in total. The third kappa shape index (κ3) is 1.74. The lowest BCUT2D eigenvalue weighted by Crippen LogP contribution is -2.11. The maximum absolute atomic E-state index is 10.7. The van der Waals surface area contributed by atoms with Crippen molar-refractivity contribution in [3.8, 4) is 0 Å². The number of hydrogen-bond acceptors (Lipinski definition) is 4. The van der Waals surface area contributed by atoms with Crippen LogP contribution in [-0.2, 0) is 6.42 Å². The number of rotatable bonds is 2. The molecule has 0 amide bonds. The summed E-state index contributed by atoms with van der Waals surface area (Å²) in [6, 6.07) is 0. The summed E-state index contributed by atoms with van der Waals surface area (Å²) < 4.78 is 0. The van der Waals surface area contributed by atoms with Gasteiger partial charge in [-0.3, -0.25) is 0 Å². The molecule has 1 aromatic heterocycles. The Hall–Kier alpha value is -1.65. The fraction of sp³-hybridized carbons (Fsp3) is 0.375. The molecule has 0 saturated heterocycles. The first-order chi connectivity index (χ1) is 6.06. The molecule has 0 saturated carbocycles. The predicted molar refractivity (Wildman–Crippen MR) is 47.5 cm³/mol. The second kappa shape index (κ2) is 3.38. The average Bonchev–Trinajstić information content (AvgIpc) is 2.08. The lowest BCUT2D eigenvalue weighted by molar-refractivity contribution is 0.0689. The molecule has 0 aliphatic heterocycles. The summed E-state index contributed by atoms with van der Waals surface area (Å²) >= 11 is 0. The van der Waals surface area contributed by atoms with Crippen LogP contribution in [0.1, 0.15) is 28.7 Å². The Bertz CT molecular complexity index is 349. The van der Waals surface area contributed by atoms with E-state index in [2.05, 4.69) is 9.97 Å². The molecule has 0 aromatic carbocycles. The zero-order valence-corrected chi connectivity index (χ0v) is 7.53. The number of carboxylic acid groups (broad SMARTS) is 1. The molecule has 0 atom stereocenters. The van der Waals surface area contributed by atoms with Crippen molar-refractivity contribution in [1.29, 1.82) is 0 Å². The molecule has 0 aliphatic rings. The molecule has 0 aliphatic carbocycles. The maximum atomic E-state index is 10.7. The van der Waals surface area contributed by atoms with Crippen molar-refractivity contribution in [3.05, 3.63) is 17.0 Å². The van der Waals surface area contributed by atoms with Gasteiger partial charge >= 0.3 is 5.97 Å². The minimum Gasteiger partial charge on any atom is -0.476 e. The largest absolute Gasteiger partial charge is 0.476 e. The van der Waals surface area contributed by atoms with E-state index in [0.29, 0.717) is 17.7 Å². The molecule has 5 heteroatoms. The Kier molecular flexibility index (Phi) is 2.46. The van der Waals surface area contributed by atoms with Gasteiger partial charge in [0.25, 0.3) is 0 Å². The Balaban J connectivity index is 3.35. The molecular formula is C8H11N3O2. The van der Waals surface area contributed by atoms with Crippen molar-refractivity contribution in [1.82, 2.24) is 9.97 Å². The Labute approximate surface area is 75.6 Å². The predicted octanol–water partition coefficient (Wildman–Crippen LogP) is 0.628. The number of carbonyl (C=O) groups is 1. The van der Waals surface area contributed by atoms with Crippen LogP contribution in [-0.4, -0.2) is 21.0 Å². The Morgan fingerprint density at radius 1 is 1.54 bits per heavy atom. The number of anilines is 1. The molecule has 1 aromatic rings. The van der Waals surface area contributed by atoms with Crippen molar-refractivity contribution >= 4 is 11.9 Å². The summed E-state index contributed by atoms with van der Waals surface area (Å²) in [5.74, 6) is -1.05. The van der Waals surface area contributed by atoms with Crippen molar-refractivity contribution in [2.45, 2.75) is 20.3 Å². The van der Waals surface area contributed by atoms with E-state index in [-0.39, 0.29) is 11.6 Å². The molecular weight excluding hydrogens is 170 g/mol. The first-order valence-corrected chi connectivity index (χ1v) is 3.92. The molecule has 0 bridgehead atoms. The molecule has 0 radical (unpaired) electrons. The number of nitrogens with two attached hydrogens (primary N) is 1. The van der Waals surface area contributed by atoms with Gasteiger partial charge in [0.1, 0.15) is 0 Å². The molecule has 1 heterocycles. The highest BCUT2D eigenvalue weighted by atomic mass is 16.4. The minimum absolute atomic E-state index is 0.00986. The third-order valence-electron chi connectivity index (χ3n) is 1.80. The minimum atomic E-state index is -1.07. The van der Waals surface area contributed by atoms with Crippen LogP contribution in [0.5, 0.6) is 0 Å². The third-order valence-corrected chi connectivity index (χ3v) is 1.80. The van der Waals surface area contributed by atoms with Gasteiger partial charge in [-0.2, -0.15) is 0 Å². The number of aromatic nitrogens is 2. The van der Waals surface area contributed by atoms with Crippen LogP contribution >= 0.6 is 0 Å². The van der Waals surface area contributed by atoms with Gasteiger partial charge in [-0.05, 0) is 13.3 Å². The fourth-order valence-corrected chi connectivity index (χ4v) is 1.13. The molecule has 0 unspecified atom stereocenters. The van der Waals surface area contributed by atoms with Crippen molar-refractivity contribution in [2.24, 2.45) is 0 Å². The van der Waals surface area contributed by atoms with Gasteiger partial charge in [-0.15, -0.1) is 0 Å². The van der Waals surface area contributed by atoms with Gasteiger partial charge < -0.3 is 10.8 Å². The molecule has 70 valence electrons. The van der Waals surface area contributed by atoms with E-state index in [1.165, 1.54) is 0 Å². The van der Waals surface area contributed by atoms with Crippen LogP contribution in [0.15, 0.2) is 0 Å². The summed E-state index contributed by atoms with van der Waals surface area (Å²) in [6.45, 7) is 3.57. The molecule has 1 rings (SSSR count). The molecule has 13 heavy (non-hydrogen) atoms. The topological polar surface area (TPSA) is 89.1 Å².